The Morgan fingerprint density at radius 3 is 2.96 bits per heavy atom. The summed E-state index contributed by atoms with van der Waals surface area (Å²) in [6, 6.07) is 7.67. The number of esters is 1. The number of likely N-dealkylation sites (tertiary alicyclic amines) is 1. The third-order valence-electron chi connectivity index (χ3n) is 4.42. The summed E-state index contributed by atoms with van der Waals surface area (Å²) in [4.78, 5) is 38.4. The second-order valence-electron chi connectivity index (χ2n) is 6.23. The summed E-state index contributed by atoms with van der Waals surface area (Å²) in [5, 5.41) is 2.67. The van der Waals surface area contributed by atoms with Crippen LogP contribution >= 0.6 is 11.7 Å². The summed E-state index contributed by atoms with van der Waals surface area (Å²) in [5.74, 6) is -1.30. The summed E-state index contributed by atoms with van der Waals surface area (Å²) in [6.07, 6.45) is 2.56. The number of aromatic nitrogens is 2. The van der Waals surface area contributed by atoms with Crippen LogP contribution in [-0.4, -0.2) is 50.6 Å². The van der Waals surface area contributed by atoms with Crippen molar-refractivity contribution in [2.24, 2.45) is 0 Å². The highest BCUT2D eigenvalue weighted by atomic mass is 32.1. The summed E-state index contributed by atoms with van der Waals surface area (Å²) in [5.41, 5.74) is 1.76. The van der Waals surface area contributed by atoms with Gasteiger partial charge >= 0.3 is 5.97 Å². The minimum Gasteiger partial charge on any atom is -0.459 e. The van der Waals surface area contributed by atoms with Crippen LogP contribution in [0.2, 0.25) is 0 Å². The van der Waals surface area contributed by atoms with Gasteiger partial charge in [-0.1, -0.05) is 6.07 Å². The third-order valence-corrected chi connectivity index (χ3v) is 4.97. The number of ether oxygens (including phenoxy) is 1. The minimum atomic E-state index is -0.725. The van der Waals surface area contributed by atoms with E-state index >= 15 is 0 Å². The molecule has 2 aromatic heterocycles. The molecule has 1 aromatic carbocycles. The molecule has 28 heavy (non-hydrogen) atoms. The van der Waals surface area contributed by atoms with Gasteiger partial charge in [0, 0.05) is 6.54 Å². The Balaban J connectivity index is 1.35. The first kappa shape index (κ1) is 18.1. The molecule has 0 aliphatic carbocycles. The smallest absolute Gasteiger partial charge is 0.329 e. The number of nitrogens with one attached hydrogen (secondary N) is 1. The van der Waals surface area contributed by atoms with Gasteiger partial charge in [0.15, 0.2) is 12.4 Å². The summed E-state index contributed by atoms with van der Waals surface area (Å²) in [6.45, 7) is -0.0175. The standard InChI is InChI=1S/C18H16N4O5S/c23-15(19-11-4-1-5-12-16(11)21-28-20-12)10-27-18(25)13-6-2-8-22(13)17(24)14-7-3-9-26-14/h1,3-5,7,9,13H,2,6,8,10H2,(H,19,23). The van der Waals surface area contributed by atoms with Gasteiger partial charge in [-0.15, -0.1) is 0 Å². The first-order valence-electron chi connectivity index (χ1n) is 8.66. The number of fused-ring (bicyclic) bond motifs is 1. The van der Waals surface area contributed by atoms with Gasteiger partial charge in [0.1, 0.15) is 17.1 Å². The van der Waals surface area contributed by atoms with E-state index in [4.69, 9.17) is 9.15 Å². The lowest BCUT2D eigenvalue weighted by Gasteiger charge is -2.22. The van der Waals surface area contributed by atoms with Crippen LogP contribution < -0.4 is 5.32 Å². The summed E-state index contributed by atoms with van der Waals surface area (Å²) in [7, 11) is 0. The highest BCUT2D eigenvalue weighted by Crippen LogP contribution is 2.22. The lowest BCUT2D eigenvalue weighted by Crippen LogP contribution is -2.42. The Hall–Kier alpha value is -3.27. The number of carbonyl (C=O) groups excluding carboxylic acids is 3. The van der Waals surface area contributed by atoms with Crippen LogP contribution in [0, 0.1) is 0 Å². The van der Waals surface area contributed by atoms with E-state index in [0.29, 0.717) is 36.1 Å². The second-order valence-corrected chi connectivity index (χ2v) is 6.76. The highest BCUT2D eigenvalue weighted by Gasteiger charge is 2.36. The predicted octanol–water partition coefficient (Wildman–Crippen LogP) is 2.07. The molecule has 1 fully saturated rings. The number of amides is 2. The van der Waals surface area contributed by atoms with Crippen molar-refractivity contribution in [1.29, 1.82) is 0 Å². The maximum absolute atomic E-state index is 12.4. The van der Waals surface area contributed by atoms with Crippen LogP contribution in [0.15, 0.2) is 41.0 Å². The van der Waals surface area contributed by atoms with Gasteiger partial charge in [0.25, 0.3) is 11.8 Å². The molecule has 1 aliphatic rings. The fraction of sp³-hybridized carbons (Fsp3) is 0.278. The van der Waals surface area contributed by atoms with Crippen LogP contribution in [0.25, 0.3) is 11.0 Å². The van der Waals surface area contributed by atoms with Gasteiger partial charge in [0.05, 0.1) is 23.7 Å². The molecular weight excluding hydrogens is 384 g/mol. The van der Waals surface area contributed by atoms with Crippen molar-refractivity contribution in [1.82, 2.24) is 13.6 Å². The van der Waals surface area contributed by atoms with Crippen LogP contribution in [0.4, 0.5) is 5.69 Å². The fourth-order valence-corrected chi connectivity index (χ4v) is 3.67. The molecule has 2 amide bonds. The molecule has 1 N–H and O–H groups in total. The summed E-state index contributed by atoms with van der Waals surface area (Å²) < 4.78 is 18.5. The lowest BCUT2D eigenvalue weighted by atomic mass is 10.2. The topological polar surface area (TPSA) is 115 Å². The SMILES string of the molecule is O=C(COC(=O)C1CCCN1C(=O)c1ccco1)Nc1cccc2nsnc12. The first-order chi connectivity index (χ1) is 13.6. The molecule has 0 spiro atoms. The van der Waals surface area contributed by atoms with Crippen LogP contribution in [0.1, 0.15) is 23.4 Å². The van der Waals surface area contributed by atoms with Crippen molar-refractivity contribution in [3.63, 3.8) is 0 Å². The molecule has 3 aromatic rings. The molecular formula is C18H16N4O5S. The number of nitrogens with zero attached hydrogens (tertiary/aromatic N) is 3. The molecule has 10 heteroatoms. The molecule has 4 rings (SSSR count). The van der Waals surface area contributed by atoms with Gasteiger partial charge in [-0.25, -0.2) is 4.79 Å². The molecule has 144 valence electrons. The number of rotatable bonds is 5. The zero-order valence-electron chi connectivity index (χ0n) is 14.7. The average molecular weight is 400 g/mol. The number of benzene rings is 1. The van der Waals surface area contributed by atoms with Gasteiger partial charge in [0.2, 0.25) is 0 Å². The molecule has 0 radical (unpaired) electrons. The number of anilines is 1. The van der Waals surface area contributed by atoms with E-state index < -0.39 is 24.5 Å². The van der Waals surface area contributed by atoms with E-state index in [2.05, 4.69) is 14.1 Å². The molecule has 0 bridgehead atoms. The van der Waals surface area contributed by atoms with E-state index in [-0.39, 0.29) is 11.7 Å². The summed E-state index contributed by atoms with van der Waals surface area (Å²) >= 11 is 1.05. The molecule has 9 nitrogen and oxygen atoms in total. The number of hydrogen-bond donors (Lipinski definition) is 1. The lowest BCUT2D eigenvalue weighted by molar-refractivity contribution is -0.151. The Morgan fingerprint density at radius 2 is 2.14 bits per heavy atom. The number of hydrogen-bond acceptors (Lipinski definition) is 8. The molecule has 0 saturated carbocycles. The van der Waals surface area contributed by atoms with E-state index in [1.54, 1.807) is 30.3 Å². The zero-order chi connectivity index (χ0) is 19.5. The predicted molar refractivity (Wildman–Crippen MR) is 99.8 cm³/mol. The van der Waals surface area contributed by atoms with Crippen molar-refractivity contribution in [2.45, 2.75) is 18.9 Å². The van der Waals surface area contributed by atoms with E-state index in [1.165, 1.54) is 11.2 Å². The Morgan fingerprint density at radius 1 is 1.25 bits per heavy atom. The van der Waals surface area contributed by atoms with E-state index in [1.807, 2.05) is 0 Å². The largest absolute Gasteiger partial charge is 0.459 e. The maximum Gasteiger partial charge on any atom is 0.329 e. The van der Waals surface area contributed by atoms with E-state index in [9.17, 15) is 14.4 Å². The van der Waals surface area contributed by atoms with Crippen molar-refractivity contribution in [3.05, 3.63) is 42.4 Å². The average Bonchev–Trinajstić information content (AvgIpc) is 3.46. The minimum absolute atomic E-state index is 0.169. The third kappa shape index (κ3) is 3.58. The van der Waals surface area contributed by atoms with Gasteiger partial charge in [-0.05, 0) is 37.1 Å². The van der Waals surface area contributed by atoms with Gasteiger partial charge < -0.3 is 19.4 Å². The van der Waals surface area contributed by atoms with E-state index in [0.717, 1.165) is 11.7 Å². The Labute approximate surface area is 163 Å². The normalized spacial score (nSPS) is 16.3. The van der Waals surface area contributed by atoms with Crippen molar-refractivity contribution >= 4 is 46.2 Å². The molecule has 1 unspecified atom stereocenters. The van der Waals surface area contributed by atoms with Crippen LogP contribution in [0.5, 0.6) is 0 Å². The van der Waals surface area contributed by atoms with Gasteiger partial charge in [-0.3, -0.25) is 9.59 Å². The Kier molecular flexibility index (Phi) is 5.02. The van der Waals surface area contributed by atoms with Crippen LogP contribution in [-0.2, 0) is 14.3 Å². The molecule has 1 atom stereocenters. The van der Waals surface area contributed by atoms with Crippen molar-refractivity contribution in [2.75, 3.05) is 18.5 Å². The highest BCUT2D eigenvalue weighted by molar-refractivity contribution is 7.00. The molecule has 1 saturated heterocycles. The number of furan rings is 1. The quantitative estimate of drug-likeness (QED) is 0.652. The van der Waals surface area contributed by atoms with Crippen LogP contribution in [0.3, 0.4) is 0 Å². The van der Waals surface area contributed by atoms with Crippen molar-refractivity contribution in [3.8, 4) is 0 Å². The maximum atomic E-state index is 12.4. The Bertz CT molecular complexity index is 1020. The monoisotopic (exact) mass is 400 g/mol. The fourth-order valence-electron chi connectivity index (χ4n) is 3.12. The zero-order valence-corrected chi connectivity index (χ0v) is 15.5. The second kappa shape index (κ2) is 7.77. The first-order valence-corrected chi connectivity index (χ1v) is 9.39. The van der Waals surface area contributed by atoms with Crippen molar-refractivity contribution < 1.29 is 23.5 Å². The van der Waals surface area contributed by atoms with Gasteiger partial charge in [-0.2, -0.15) is 8.75 Å². The molecule has 3 heterocycles. The number of carbonyl (C=O) groups is 3. The molecule has 1 aliphatic heterocycles.